The van der Waals surface area contributed by atoms with Crippen molar-refractivity contribution < 1.29 is 5.11 Å². The smallest absolute Gasteiger partial charge is 0.0682 e. The molecule has 2 N–H and O–H groups in total. The second kappa shape index (κ2) is 2.69. The van der Waals surface area contributed by atoms with Gasteiger partial charge in [-0.3, -0.25) is 4.90 Å². The highest BCUT2D eigenvalue weighted by Crippen LogP contribution is 2.23. The van der Waals surface area contributed by atoms with E-state index in [1.165, 1.54) is 0 Å². The van der Waals surface area contributed by atoms with Gasteiger partial charge in [-0.05, 0) is 20.3 Å². The Kier molecular flexibility index (Phi) is 1.90. The highest BCUT2D eigenvalue weighted by atomic mass is 16.3. The van der Waals surface area contributed by atoms with E-state index in [4.69, 9.17) is 0 Å². The topological polar surface area (TPSA) is 35.5 Å². The summed E-state index contributed by atoms with van der Waals surface area (Å²) in [7, 11) is 0. The molecule has 12 heavy (non-hydrogen) atoms. The summed E-state index contributed by atoms with van der Waals surface area (Å²) in [5.41, 5.74) is 0.223. The van der Waals surface area contributed by atoms with Gasteiger partial charge in [-0.2, -0.15) is 0 Å². The quantitative estimate of drug-likeness (QED) is 0.528. The van der Waals surface area contributed by atoms with Crippen molar-refractivity contribution in [1.29, 1.82) is 0 Å². The molecule has 0 aliphatic carbocycles. The molecular formula is C9H18N2O. The van der Waals surface area contributed by atoms with E-state index in [9.17, 15) is 5.11 Å². The Morgan fingerprint density at radius 3 is 3.00 bits per heavy atom. The number of nitrogens with zero attached hydrogens (tertiary/aromatic N) is 1. The third-order valence-corrected chi connectivity index (χ3v) is 2.92. The van der Waals surface area contributed by atoms with Gasteiger partial charge in [0.25, 0.3) is 0 Å². The fourth-order valence-electron chi connectivity index (χ4n) is 2.32. The minimum atomic E-state index is -0.0919. The first-order valence-electron chi connectivity index (χ1n) is 4.74. The molecule has 0 amide bonds. The van der Waals surface area contributed by atoms with Gasteiger partial charge in [0.05, 0.1) is 6.10 Å². The lowest BCUT2D eigenvalue weighted by Gasteiger charge is -2.41. The molecule has 0 spiro atoms. The van der Waals surface area contributed by atoms with Gasteiger partial charge >= 0.3 is 0 Å². The highest BCUT2D eigenvalue weighted by Gasteiger charge is 2.38. The Bertz CT molecular complexity index is 181. The molecule has 2 aliphatic rings. The van der Waals surface area contributed by atoms with Crippen molar-refractivity contribution in [2.45, 2.75) is 38.0 Å². The first-order chi connectivity index (χ1) is 5.57. The van der Waals surface area contributed by atoms with Crippen molar-refractivity contribution in [3.8, 4) is 0 Å². The molecule has 2 heterocycles. The van der Waals surface area contributed by atoms with Gasteiger partial charge in [-0.25, -0.2) is 0 Å². The second-order valence-electron chi connectivity index (χ2n) is 4.74. The molecule has 2 aliphatic heterocycles. The summed E-state index contributed by atoms with van der Waals surface area (Å²) in [6, 6.07) is 0.577. The normalized spacial score (nSPS) is 41.2. The number of aliphatic hydroxyl groups is 1. The van der Waals surface area contributed by atoms with Crippen molar-refractivity contribution in [3.05, 3.63) is 0 Å². The number of rotatable bonds is 0. The highest BCUT2D eigenvalue weighted by molar-refractivity contribution is 4.97. The molecule has 2 rings (SSSR count). The minimum absolute atomic E-state index is 0.0919. The number of hydrogen-bond acceptors (Lipinski definition) is 3. The molecule has 2 atom stereocenters. The molecule has 0 aromatic carbocycles. The maximum absolute atomic E-state index is 9.46. The first-order valence-corrected chi connectivity index (χ1v) is 4.74. The molecule has 3 nitrogen and oxygen atoms in total. The number of piperazine rings is 1. The number of fused-ring (bicyclic) bond motifs is 1. The summed E-state index contributed by atoms with van der Waals surface area (Å²) < 4.78 is 0. The van der Waals surface area contributed by atoms with E-state index in [1.807, 2.05) is 0 Å². The molecule has 2 fully saturated rings. The lowest BCUT2D eigenvalue weighted by atomic mass is 10.00. The standard InChI is InChI=1S/C9H18N2O/c1-9(2)6-11-5-8(12)3-7(11)4-10-9/h7-8,10,12H,3-6H2,1-2H3. The molecule has 2 unspecified atom stereocenters. The Balaban J connectivity index is 2.02. The van der Waals surface area contributed by atoms with E-state index in [0.29, 0.717) is 6.04 Å². The lowest BCUT2D eigenvalue weighted by molar-refractivity contribution is 0.122. The number of aliphatic hydroxyl groups excluding tert-OH is 1. The molecule has 70 valence electrons. The Morgan fingerprint density at radius 1 is 1.50 bits per heavy atom. The van der Waals surface area contributed by atoms with Crippen molar-refractivity contribution >= 4 is 0 Å². The fraction of sp³-hybridized carbons (Fsp3) is 1.00. The van der Waals surface area contributed by atoms with Crippen LogP contribution in [0.4, 0.5) is 0 Å². The van der Waals surface area contributed by atoms with Crippen LogP contribution in [0.25, 0.3) is 0 Å². The van der Waals surface area contributed by atoms with E-state index < -0.39 is 0 Å². The van der Waals surface area contributed by atoms with Crippen molar-refractivity contribution in [2.24, 2.45) is 0 Å². The van der Waals surface area contributed by atoms with Crippen LogP contribution in [0.2, 0.25) is 0 Å². The molecule has 0 saturated carbocycles. The van der Waals surface area contributed by atoms with Crippen molar-refractivity contribution in [3.63, 3.8) is 0 Å². The Hall–Kier alpha value is -0.120. The van der Waals surface area contributed by atoms with Crippen molar-refractivity contribution in [1.82, 2.24) is 10.2 Å². The number of hydrogen-bond donors (Lipinski definition) is 2. The van der Waals surface area contributed by atoms with Crippen LogP contribution >= 0.6 is 0 Å². The predicted octanol–water partition coefficient (Wildman–Crippen LogP) is -0.197. The fourth-order valence-corrected chi connectivity index (χ4v) is 2.32. The van der Waals surface area contributed by atoms with E-state index in [2.05, 4.69) is 24.1 Å². The third kappa shape index (κ3) is 1.49. The monoisotopic (exact) mass is 170 g/mol. The molecule has 0 aromatic rings. The van der Waals surface area contributed by atoms with E-state index in [-0.39, 0.29) is 11.6 Å². The second-order valence-corrected chi connectivity index (χ2v) is 4.74. The van der Waals surface area contributed by atoms with E-state index >= 15 is 0 Å². The zero-order valence-electron chi connectivity index (χ0n) is 7.88. The maximum atomic E-state index is 9.46. The van der Waals surface area contributed by atoms with Crippen molar-refractivity contribution in [2.75, 3.05) is 19.6 Å². The lowest BCUT2D eigenvalue weighted by Crippen LogP contribution is -2.59. The summed E-state index contributed by atoms with van der Waals surface area (Å²) in [5.74, 6) is 0. The Labute approximate surface area is 73.8 Å². The zero-order valence-corrected chi connectivity index (χ0v) is 7.88. The molecule has 0 bridgehead atoms. The van der Waals surface area contributed by atoms with Gasteiger partial charge in [0.2, 0.25) is 0 Å². The minimum Gasteiger partial charge on any atom is -0.392 e. The van der Waals surface area contributed by atoms with Crippen LogP contribution in [0.5, 0.6) is 0 Å². The van der Waals surface area contributed by atoms with Gasteiger partial charge in [-0.1, -0.05) is 0 Å². The van der Waals surface area contributed by atoms with Crippen LogP contribution in [-0.4, -0.2) is 47.3 Å². The maximum Gasteiger partial charge on any atom is 0.0682 e. The molecule has 0 radical (unpaired) electrons. The predicted molar refractivity (Wildman–Crippen MR) is 48.1 cm³/mol. The van der Waals surface area contributed by atoms with Gasteiger partial charge in [-0.15, -0.1) is 0 Å². The van der Waals surface area contributed by atoms with Gasteiger partial charge in [0, 0.05) is 31.2 Å². The van der Waals surface area contributed by atoms with Crippen LogP contribution in [0.3, 0.4) is 0 Å². The van der Waals surface area contributed by atoms with Crippen LogP contribution in [0.15, 0.2) is 0 Å². The summed E-state index contributed by atoms with van der Waals surface area (Å²) in [5, 5.41) is 13.0. The van der Waals surface area contributed by atoms with Gasteiger partial charge in [0.1, 0.15) is 0 Å². The van der Waals surface area contributed by atoms with E-state index in [0.717, 1.165) is 26.1 Å². The summed E-state index contributed by atoms with van der Waals surface area (Å²) in [6.45, 7) is 7.40. The van der Waals surface area contributed by atoms with Crippen LogP contribution in [-0.2, 0) is 0 Å². The van der Waals surface area contributed by atoms with Crippen LogP contribution in [0, 0.1) is 0 Å². The first kappa shape index (κ1) is 8.48. The average Bonchev–Trinajstić information content (AvgIpc) is 2.26. The largest absolute Gasteiger partial charge is 0.392 e. The van der Waals surface area contributed by atoms with Gasteiger partial charge < -0.3 is 10.4 Å². The summed E-state index contributed by atoms with van der Waals surface area (Å²) in [6.07, 6.45) is 0.856. The summed E-state index contributed by atoms with van der Waals surface area (Å²) in [4.78, 5) is 2.40. The van der Waals surface area contributed by atoms with Crippen LogP contribution < -0.4 is 5.32 Å². The average molecular weight is 170 g/mol. The molecule has 0 aromatic heterocycles. The summed E-state index contributed by atoms with van der Waals surface area (Å²) >= 11 is 0. The molecular weight excluding hydrogens is 152 g/mol. The van der Waals surface area contributed by atoms with E-state index in [1.54, 1.807) is 0 Å². The van der Waals surface area contributed by atoms with Crippen LogP contribution in [0.1, 0.15) is 20.3 Å². The third-order valence-electron chi connectivity index (χ3n) is 2.92. The Morgan fingerprint density at radius 2 is 2.25 bits per heavy atom. The molecule has 2 saturated heterocycles. The van der Waals surface area contributed by atoms with Gasteiger partial charge in [0.15, 0.2) is 0 Å². The zero-order chi connectivity index (χ0) is 8.77. The SMILES string of the molecule is CC1(C)CN2CC(O)CC2CN1. The number of nitrogens with one attached hydrogen (secondary N) is 1. The molecule has 3 heteroatoms.